The second kappa shape index (κ2) is 6.51. The maximum atomic E-state index is 11.0. The first-order valence-electron chi connectivity index (χ1n) is 5.20. The molecule has 4 heteroatoms. The van der Waals surface area contributed by atoms with Crippen molar-refractivity contribution in [3.63, 3.8) is 0 Å². The summed E-state index contributed by atoms with van der Waals surface area (Å²) in [5.74, 6) is -0.268. The molecule has 1 aromatic carbocycles. The standard InChI is InChI=1S/C12H16ClNO2/c1-9(15)16-12(7-8-14-2)10-3-5-11(13)6-4-10/h3-6,12,14H,7-8H2,1-2H3/t12-/m0/s1. The fourth-order valence-electron chi connectivity index (χ4n) is 1.45. The highest BCUT2D eigenvalue weighted by molar-refractivity contribution is 6.30. The van der Waals surface area contributed by atoms with Crippen molar-refractivity contribution in [3.8, 4) is 0 Å². The Balaban J connectivity index is 2.74. The molecule has 0 spiro atoms. The predicted octanol–water partition coefficient (Wildman–Crippen LogP) is 2.55. The van der Waals surface area contributed by atoms with E-state index < -0.39 is 0 Å². The van der Waals surface area contributed by atoms with E-state index in [-0.39, 0.29) is 12.1 Å². The van der Waals surface area contributed by atoms with E-state index in [1.807, 2.05) is 19.2 Å². The molecule has 0 saturated carbocycles. The van der Waals surface area contributed by atoms with Crippen LogP contribution in [0.2, 0.25) is 5.02 Å². The molecular weight excluding hydrogens is 226 g/mol. The Hall–Kier alpha value is -1.06. The normalized spacial score (nSPS) is 12.2. The minimum atomic E-state index is -0.268. The van der Waals surface area contributed by atoms with Crippen molar-refractivity contribution < 1.29 is 9.53 Å². The van der Waals surface area contributed by atoms with E-state index in [4.69, 9.17) is 16.3 Å². The molecule has 0 unspecified atom stereocenters. The summed E-state index contributed by atoms with van der Waals surface area (Å²) in [4.78, 5) is 11.0. The minimum Gasteiger partial charge on any atom is -0.458 e. The summed E-state index contributed by atoms with van der Waals surface area (Å²) in [6.07, 6.45) is 0.541. The van der Waals surface area contributed by atoms with Crippen LogP contribution in [-0.4, -0.2) is 19.6 Å². The third kappa shape index (κ3) is 4.21. The number of esters is 1. The maximum Gasteiger partial charge on any atom is 0.303 e. The quantitative estimate of drug-likeness (QED) is 0.806. The summed E-state index contributed by atoms with van der Waals surface area (Å²) in [5, 5.41) is 3.71. The second-order valence-corrected chi connectivity index (χ2v) is 3.98. The molecule has 0 radical (unpaired) electrons. The highest BCUT2D eigenvalue weighted by Gasteiger charge is 2.13. The maximum absolute atomic E-state index is 11.0. The van der Waals surface area contributed by atoms with E-state index in [0.717, 1.165) is 18.5 Å². The van der Waals surface area contributed by atoms with Gasteiger partial charge in [-0.15, -0.1) is 0 Å². The number of carbonyl (C=O) groups is 1. The number of rotatable bonds is 5. The van der Waals surface area contributed by atoms with Crippen molar-refractivity contribution in [1.82, 2.24) is 5.32 Å². The number of hydrogen-bond acceptors (Lipinski definition) is 3. The van der Waals surface area contributed by atoms with Crippen LogP contribution in [0.25, 0.3) is 0 Å². The lowest BCUT2D eigenvalue weighted by atomic mass is 10.1. The molecule has 0 heterocycles. The summed E-state index contributed by atoms with van der Waals surface area (Å²) < 4.78 is 5.26. The third-order valence-electron chi connectivity index (χ3n) is 2.21. The summed E-state index contributed by atoms with van der Waals surface area (Å²) in [6, 6.07) is 7.36. The van der Waals surface area contributed by atoms with E-state index in [1.165, 1.54) is 6.92 Å². The summed E-state index contributed by atoms with van der Waals surface area (Å²) in [6.45, 7) is 2.21. The van der Waals surface area contributed by atoms with Gasteiger partial charge in [0.1, 0.15) is 6.10 Å². The molecular formula is C12H16ClNO2. The van der Waals surface area contributed by atoms with Gasteiger partial charge in [-0.3, -0.25) is 4.79 Å². The van der Waals surface area contributed by atoms with E-state index in [1.54, 1.807) is 12.1 Å². The molecule has 3 nitrogen and oxygen atoms in total. The van der Waals surface area contributed by atoms with Crippen molar-refractivity contribution in [2.45, 2.75) is 19.4 Å². The van der Waals surface area contributed by atoms with E-state index in [0.29, 0.717) is 5.02 Å². The number of carbonyl (C=O) groups excluding carboxylic acids is 1. The topological polar surface area (TPSA) is 38.3 Å². The Bertz CT molecular complexity index is 337. The van der Waals surface area contributed by atoms with Crippen LogP contribution >= 0.6 is 11.6 Å². The first-order valence-corrected chi connectivity index (χ1v) is 5.58. The Labute approximate surface area is 101 Å². The van der Waals surface area contributed by atoms with Crippen molar-refractivity contribution in [2.75, 3.05) is 13.6 Å². The van der Waals surface area contributed by atoms with Crippen molar-refractivity contribution in [3.05, 3.63) is 34.9 Å². The number of halogens is 1. The van der Waals surface area contributed by atoms with Crippen LogP contribution in [0.15, 0.2) is 24.3 Å². The monoisotopic (exact) mass is 241 g/mol. The largest absolute Gasteiger partial charge is 0.458 e. The third-order valence-corrected chi connectivity index (χ3v) is 2.46. The first-order chi connectivity index (χ1) is 7.63. The van der Waals surface area contributed by atoms with Crippen molar-refractivity contribution >= 4 is 17.6 Å². The highest BCUT2D eigenvalue weighted by atomic mass is 35.5. The number of ether oxygens (including phenoxy) is 1. The Morgan fingerprint density at radius 2 is 2.06 bits per heavy atom. The fraction of sp³-hybridized carbons (Fsp3) is 0.417. The first kappa shape index (κ1) is 13.0. The average molecular weight is 242 g/mol. The van der Waals surface area contributed by atoms with Crippen LogP contribution in [0.1, 0.15) is 25.0 Å². The Kier molecular flexibility index (Phi) is 5.29. The van der Waals surface area contributed by atoms with Gasteiger partial charge in [-0.1, -0.05) is 23.7 Å². The van der Waals surface area contributed by atoms with Gasteiger partial charge >= 0.3 is 5.97 Å². The van der Waals surface area contributed by atoms with Gasteiger partial charge in [0.2, 0.25) is 0 Å². The molecule has 88 valence electrons. The smallest absolute Gasteiger partial charge is 0.303 e. The van der Waals surface area contributed by atoms with Crippen LogP contribution in [0.4, 0.5) is 0 Å². The average Bonchev–Trinajstić information content (AvgIpc) is 2.25. The minimum absolute atomic E-state index is 0.206. The summed E-state index contributed by atoms with van der Waals surface area (Å²) >= 11 is 5.81. The molecule has 1 rings (SSSR count). The number of benzene rings is 1. The predicted molar refractivity (Wildman–Crippen MR) is 64.5 cm³/mol. The molecule has 0 bridgehead atoms. The van der Waals surface area contributed by atoms with Gasteiger partial charge in [0.25, 0.3) is 0 Å². The van der Waals surface area contributed by atoms with Crippen molar-refractivity contribution in [2.24, 2.45) is 0 Å². The lowest BCUT2D eigenvalue weighted by Gasteiger charge is -2.17. The van der Waals surface area contributed by atoms with Crippen LogP contribution in [0.3, 0.4) is 0 Å². The van der Waals surface area contributed by atoms with E-state index in [9.17, 15) is 4.79 Å². The SMILES string of the molecule is CNCC[C@H](OC(C)=O)c1ccc(Cl)cc1. The molecule has 16 heavy (non-hydrogen) atoms. The van der Waals surface area contributed by atoms with E-state index >= 15 is 0 Å². The zero-order valence-electron chi connectivity index (χ0n) is 9.50. The molecule has 0 aliphatic carbocycles. The molecule has 0 fully saturated rings. The molecule has 0 aliphatic heterocycles. The molecule has 1 N–H and O–H groups in total. The van der Waals surface area contributed by atoms with E-state index in [2.05, 4.69) is 5.32 Å². The zero-order chi connectivity index (χ0) is 12.0. The van der Waals surface area contributed by atoms with Gasteiger partial charge in [-0.05, 0) is 31.3 Å². The van der Waals surface area contributed by atoms with Crippen LogP contribution in [-0.2, 0) is 9.53 Å². The number of nitrogens with one attached hydrogen (secondary N) is 1. The summed E-state index contributed by atoms with van der Waals surface area (Å²) in [7, 11) is 1.87. The van der Waals surface area contributed by atoms with Gasteiger partial charge in [0, 0.05) is 18.4 Å². The summed E-state index contributed by atoms with van der Waals surface area (Å²) in [5.41, 5.74) is 0.967. The Morgan fingerprint density at radius 1 is 1.44 bits per heavy atom. The lowest BCUT2D eigenvalue weighted by molar-refractivity contribution is -0.147. The zero-order valence-corrected chi connectivity index (χ0v) is 10.3. The van der Waals surface area contributed by atoms with Gasteiger partial charge in [0.05, 0.1) is 0 Å². The molecule has 1 atom stereocenters. The van der Waals surface area contributed by atoms with Crippen molar-refractivity contribution in [1.29, 1.82) is 0 Å². The van der Waals surface area contributed by atoms with Gasteiger partial charge in [0.15, 0.2) is 0 Å². The molecule has 0 aliphatic rings. The molecule has 0 saturated heterocycles. The van der Waals surface area contributed by atoms with Crippen LogP contribution in [0.5, 0.6) is 0 Å². The number of hydrogen-bond donors (Lipinski definition) is 1. The molecule has 0 amide bonds. The second-order valence-electron chi connectivity index (χ2n) is 3.54. The van der Waals surface area contributed by atoms with Gasteiger partial charge < -0.3 is 10.1 Å². The molecule has 1 aromatic rings. The highest BCUT2D eigenvalue weighted by Crippen LogP contribution is 2.22. The van der Waals surface area contributed by atoms with Gasteiger partial charge in [-0.25, -0.2) is 0 Å². The Morgan fingerprint density at radius 3 is 2.56 bits per heavy atom. The lowest BCUT2D eigenvalue weighted by Crippen LogP contribution is -2.16. The fourth-order valence-corrected chi connectivity index (χ4v) is 1.57. The van der Waals surface area contributed by atoms with Crippen LogP contribution in [0, 0.1) is 0 Å². The van der Waals surface area contributed by atoms with Crippen LogP contribution < -0.4 is 5.32 Å². The molecule has 0 aromatic heterocycles. The van der Waals surface area contributed by atoms with Gasteiger partial charge in [-0.2, -0.15) is 0 Å².